The predicted octanol–water partition coefficient (Wildman–Crippen LogP) is 3.09. The summed E-state index contributed by atoms with van der Waals surface area (Å²) < 4.78 is 6.15. The molecule has 108 valence electrons. The van der Waals surface area contributed by atoms with Crippen LogP contribution in [-0.4, -0.2) is 24.8 Å². The number of benzene rings is 1. The second kappa shape index (κ2) is 7.43. The van der Waals surface area contributed by atoms with Crippen LogP contribution in [0, 0.1) is 0 Å². The van der Waals surface area contributed by atoms with Crippen LogP contribution in [0.2, 0.25) is 0 Å². The molecule has 0 atom stereocenters. The first kappa shape index (κ1) is 15.0. The number of para-hydroxylation sites is 1. The van der Waals surface area contributed by atoms with Gasteiger partial charge in [0.15, 0.2) is 12.9 Å². The van der Waals surface area contributed by atoms with Crippen molar-refractivity contribution in [3.63, 3.8) is 0 Å². The minimum atomic E-state index is -0.135. The average Bonchev–Trinajstić information content (AvgIpc) is 2.46. The molecule has 1 aliphatic carbocycles. The van der Waals surface area contributed by atoms with Crippen molar-refractivity contribution < 1.29 is 14.3 Å². The lowest BCUT2D eigenvalue weighted by atomic mass is 9.95. The number of amides is 1. The molecule has 2 rings (SSSR count). The maximum atomic E-state index is 11.9. The van der Waals surface area contributed by atoms with Gasteiger partial charge in [-0.15, -0.1) is 0 Å². The van der Waals surface area contributed by atoms with Gasteiger partial charge in [-0.2, -0.15) is 0 Å². The first-order valence-electron chi connectivity index (χ1n) is 6.86. The van der Waals surface area contributed by atoms with Crippen LogP contribution < -0.4 is 10.1 Å². The second-order valence-electron chi connectivity index (χ2n) is 4.97. The molecule has 20 heavy (non-hydrogen) atoms. The van der Waals surface area contributed by atoms with E-state index in [0.717, 1.165) is 19.1 Å². The van der Waals surface area contributed by atoms with Gasteiger partial charge in [-0.1, -0.05) is 25.3 Å². The van der Waals surface area contributed by atoms with Crippen molar-refractivity contribution in [3.05, 3.63) is 28.2 Å². The number of ether oxygens (including phenoxy) is 1. The highest BCUT2D eigenvalue weighted by Gasteiger charge is 2.16. The molecule has 0 bridgehead atoms. The molecule has 5 heteroatoms. The number of aldehydes is 1. The fourth-order valence-corrected chi connectivity index (χ4v) is 2.92. The zero-order valence-corrected chi connectivity index (χ0v) is 12.8. The van der Waals surface area contributed by atoms with E-state index in [1.54, 1.807) is 18.2 Å². The summed E-state index contributed by atoms with van der Waals surface area (Å²) in [6.45, 7) is -0.0695. The molecule has 1 fully saturated rings. The summed E-state index contributed by atoms with van der Waals surface area (Å²) in [6, 6.07) is 5.46. The Hall–Kier alpha value is -1.36. The summed E-state index contributed by atoms with van der Waals surface area (Å²) >= 11 is 3.32. The van der Waals surface area contributed by atoms with Gasteiger partial charge in [0, 0.05) is 6.04 Å². The van der Waals surface area contributed by atoms with Crippen LogP contribution in [0.15, 0.2) is 22.7 Å². The van der Waals surface area contributed by atoms with E-state index in [1.807, 2.05) is 0 Å². The molecule has 0 aliphatic heterocycles. The van der Waals surface area contributed by atoms with Gasteiger partial charge in [-0.3, -0.25) is 9.59 Å². The highest BCUT2D eigenvalue weighted by molar-refractivity contribution is 9.10. The quantitative estimate of drug-likeness (QED) is 0.838. The van der Waals surface area contributed by atoms with E-state index in [-0.39, 0.29) is 18.6 Å². The first-order valence-corrected chi connectivity index (χ1v) is 7.66. The van der Waals surface area contributed by atoms with E-state index in [1.165, 1.54) is 19.3 Å². The molecule has 0 radical (unpaired) electrons. The van der Waals surface area contributed by atoms with Gasteiger partial charge in [0.2, 0.25) is 0 Å². The summed E-state index contributed by atoms with van der Waals surface area (Å²) in [6.07, 6.45) is 6.40. The molecule has 1 aliphatic rings. The number of hydrogen-bond donors (Lipinski definition) is 1. The van der Waals surface area contributed by atoms with E-state index >= 15 is 0 Å². The standard InChI is InChI=1S/C15H18BrNO3/c16-13-8-4-5-11(9-18)15(13)20-10-14(19)17-12-6-2-1-3-7-12/h4-5,8-9,12H,1-3,6-7,10H2,(H,17,19). The summed E-state index contributed by atoms with van der Waals surface area (Å²) in [4.78, 5) is 22.8. The Morgan fingerprint density at radius 1 is 1.35 bits per heavy atom. The Balaban J connectivity index is 1.88. The minimum Gasteiger partial charge on any atom is -0.482 e. The Bertz CT molecular complexity index is 484. The smallest absolute Gasteiger partial charge is 0.258 e. The van der Waals surface area contributed by atoms with Crippen LogP contribution in [-0.2, 0) is 4.79 Å². The number of hydrogen-bond acceptors (Lipinski definition) is 3. The molecule has 1 aromatic rings. The third-order valence-corrected chi connectivity index (χ3v) is 4.07. The van der Waals surface area contributed by atoms with Crippen molar-refractivity contribution in [1.29, 1.82) is 0 Å². The lowest BCUT2D eigenvalue weighted by molar-refractivity contribution is -0.124. The molecule has 0 spiro atoms. The van der Waals surface area contributed by atoms with E-state index in [2.05, 4.69) is 21.2 Å². The molecule has 0 aromatic heterocycles. The van der Waals surface area contributed by atoms with Gasteiger partial charge >= 0.3 is 0 Å². The Labute approximate surface area is 127 Å². The molecule has 4 nitrogen and oxygen atoms in total. The molecule has 1 aromatic carbocycles. The monoisotopic (exact) mass is 339 g/mol. The molecule has 1 N–H and O–H groups in total. The predicted molar refractivity (Wildman–Crippen MR) is 80.0 cm³/mol. The molecule has 0 saturated heterocycles. The van der Waals surface area contributed by atoms with Crippen LogP contribution in [0.3, 0.4) is 0 Å². The molecule has 0 unspecified atom stereocenters. The number of rotatable bonds is 5. The lowest BCUT2D eigenvalue weighted by Gasteiger charge is -2.22. The topological polar surface area (TPSA) is 55.4 Å². The van der Waals surface area contributed by atoms with Crippen LogP contribution >= 0.6 is 15.9 Å². The number of halogens is 1. The Morgan fingerprint density at radius 3 is 2.80 bits per heavy atom. The molecule has 0 heterocycles. The molecular weight excluding hydrogens is 322 g/mol. The fraction of sp³-hybridized carbons (Fsp3) is 0.467. The first-order chi connectivity index (χ1) is 9.70. The van der Waals surface area contributed by atoms with Gasteiger partial charge in [0.05, 0.1) is 10.0 Å². The Kier molecular flexibility index (Phi) is 5.59. The maximum Gasteiger partial charge on any atom is 0.258 e. The zero-order chi connectivity index (χ0) is 14.4. The van der Waals surface area contributed by atoms with Crippen LogP contribution in [0.5, 0.6) is 5.75 Å². The van der Waals surface area contributed by atoms with Crippen LogP contribution in [0.4, 0.5) is 0 Å². The normalized spacial score (nSPS) is 15.7. The van der Waals surface area contributed by atoms with Crippen molar-refractivity contribution in [2.75, 3.05) is 6.61 Å². The van der Waals surface area contributed by atoms with E-state index in [4.69, 9.17) is 4.74 Å². The molecule has 1 amide bonds. The van der Waals surface area contributed by atoms with Crippen LogP contribution in [0.1, 0.15) is 42.5 Å². The van der Waals surface area contributed by atoms with Gasteiger partial charge in [-0.05, 0) is 40.9 Å². The third kappa shape index (κ3) is 4.07. The van der Waals surface area contributed by atoms with Gasteiger partial charge in [0.1, 0.15) is 5.75 Å². The van der Waals surface area contributed by atoms with Crippen molar-refractivity contribution in [2.24, 2.45) is 0 Å². The van der Waals surface area contributed by atoms with Crippen molar-refractivity contribution in [1.82, 2.24) is 5.32 Å². The van der Waals surface area contributed by atoms with E-state index in [0.29, 0.717) is 15.8 Å². The number of nitrogens with one attached hydrogen (secondary N) is 1. The number of carbonyl (C=O) groups is 2. The zero-order valence-electron chi connectivity index (χ0n) is 11.2. The largest absolute Gasteiger partial charge is 0.482 e. The van der Waals surface area contributed by atoms with Gasteiger partial charge < -0.3 is 10.1 Å². The SMILES string of the molecule is O=Cc1cccc(Br)c1OCC(=O)NC1CCCCC1. The van der Waals surface area contributed by atoms with E-state index in [9.17, 15) is 9.59 Å². The third-order valence-electron chi connectivity index (χ3n) is 3.44. The van der Waals surface area contributed by atoms with Crippen LogP contribution in [0.25, 0.3) is 0 Å². The molecular formula is C15H18BrNO3. The Morgan fingerprint density at radius 2 is 2.10 bits per heavy atom. The maximum absolute atomic E-state index is 11.9. The fourth-order valence-electron chi connectivity index (χ4n) is 2.42. The summed E-state index contributed by atoms with van der Waals surface area (Å²) in [5.74, 6) is 0.283. The van der Waals surface area contributed by atoms with Crippen molar-refractivity contribution >= 4 is 28.1 Å². The summed E-state index contributed by atoms with van der Waals surface area (Å²) in [7, 11) is 0. The van der Waals surface area contributed by atoms with E-state index < -0.39 is 0 Å². The second-order valence-corrected chi connectivity index (χ2v) is 5.82. The van der Waals surface area contributed by atoms with Gasteiger partial charge in [0.25, 0.3) is 5.91 Å². The summed E-state index contributed by atoms with van der Waals surface area (Å²) in [5, 5.41) is 2.98. The van der Waals surface area contributed by atoms with Crippen molar-refractivity contribution in [3.8, 4) is 5.75 Å². The average molecular weight is 340 g/mol. The van der Waals surface area contributed by atoms with Gasteiger partial charge in [-0.25, -0.2) is 0 Å². The minimum absolute atomic E-state index is 0.0695. The number of carbonyl (C=O) groups excluding carboxylic acids is 2. The lowest BCUT2D eigenvalue weighted by Crippen LogP contribution is -2.39. The highest BCUT2D eigenvalue weighted by atomic mass is 79.9. The highest BCUT2D eigenvalue weighted by Crippen LogP contribution is 2.27. The van der Waals surface area contributed by atoms with Crippen molar-refractivity contribution in [2.45, 2.75) is 38.1 Å². The molecule has 1 saturated carbocycles. The summed E-state index contributed by atoms with van der Waals surface area (Å²) in [5.41, 5.74) is 0.435.